The minimum Gasteiger partial charge on any atom is -0.375 e. The fourth-order valence-electron chi connectivity index (χ4n) is 3.25. The topological polar surface area (TPSA) is 79.6 Å². The van der Waals surface area contributed by atoms with Gasteiger partial charge in [-0.15, -0.1) is 34.2 Å². The van der Waals surface area contributed by atoms with Gasteiger partial charge in [0.15, 0.2) is 11.8 Å². The zero-order valence-electron chi connectivity index (χ0n) is 20.3. The maximum atomic E-state index is 5.78. The molecule has 0 unspecified atom stereocenters. The Hall–Kier alpha value is -2.66. The van der Waals surface area contributed by atoms with Crippen LogP contribution in [0, 0.1) is 6.92 Å². The van der Waals surface area contributed by atoms with Crippen LogP contribution in [0.1, 0.15) is 23.6 Å². The molecule has 8 nitrogen and oxygen atoms in total. The molecule has 0 amide bonds. The van der Waals surface area contributed by atoms with Crippen molar-refractivity contribution in [2.45, 2.75) is 26.5 Å². The summed E-state index contributed by atoms with van der Waals surface area (Å²) in [6.07, 6.45) is 0.986. The smallest absolute Gasteiger partial charge is 0.191 e. The van der Waals surface area contributed by atoms with E-state index in [1.54, 1.807) is 0 Å². The molecule has 0 fully saturated rings. The van der Waals surface area contributed by atoms with Crippen LogP contribution in [0.3, 0.4) is 0 Å². The van der Waals surface area contributed by atoms with Crippen molar-refractivity contribution in [3.05, 3.63) is 77.9 Å². The molecule has 0 bridgehead atoms. The summed E-state index contributed by atoms with van der Waals surface area (Å²) in [5.74, 6) is 2.46. The summed E-state index contributed by atoms with van der Waals surface area (Å²) in [6.45, 7) is 6.02. The number of nitrogens with one attached hydrogen (secondary N) is 2. The summed E-state index contributed by atoms with van der Waals surface area (Å²) < 4.78 is 7.74. The lowest BCUT2D eigenvalue weighted by Crippen LogP contribution is -2.40. The van der Waals surface area contributed by atoms with Gasteiger partial charge in [-0.05, 0) is 31.0 Å². The van der Waals surface area contributed by atoms with Crippen molar-refractivity contribution in [2.75, 3.05) is 38.2 Å². The number of hydrogen-bond acceptors (Lipinski definition) is 5. The molecule has 0 aliphatic heterocycles. The van der Waals surface area contributed by atoms with Crippen molar-refractivity contribution in [3.63, 3.8) is 0 Å². The number of anilines is 1. The summed E-state index contributed by atoms with van der Waals surface area (Å²) in [4.78, 5) is 6.96. The van der Waals surface area contributed by atoms with E-state index in [1.807, 2.05) is 42.8 Å². The highest BCUT2D eigenvalue weighted by molar-refractivity contribution is 14.0. The Morgan fingerprint density at radius 1 is 1.00 bits per heavy atom. The number of para-hydroxylation sites is 1. The maximum Gasteiger partial charge on any atom is 0.191 e. The first kappa shape index (κ1) is 27.6. The minimum absolute atomic E-state index is 0. The molecule has 1 aromatic heterocycles. The number of ether oxygens (including phenoxy) is 1. The van der Waals surface area contributed by atoms with E-state index in [1.165, 1.54) is 11.3 Å². The van der Waals surface area contributed by atoms with E-state index in [9.17, 15) is 0 Å². The fraction of sp³-hybridized carbons (Fsp3) is 0.400. The maximum absolute atomic E-state index is 5.78. The molecule has 3 rings (SSSR count). The van der Waals surface area contributed by atoms with E-state index >= 15 is 0 Å². The molecule has 0 radical (unpaired) electrons. The van der Waals surface area contributed by atoms with Gasteiger partial charge in [0.1, 0.15) is 12.4 Å². The number of nitrogens with zero attached hydrogens (tertiary/aromatic N) is 5. The Kier molecular flexibility index (Phi) is 12.4. The normalized spacial score (nSPS) is 11.1. The first-order chi connectivity index (χ1) is 16.1. The molecule has 184 valence electrons. The van der Waals surface area contributed by atoms with E-state index < -0.39 is 0 Å². The molecule has 0 aliphatic rings. The van der Waals surface area contributed by atoms with Gasteiger partial charge in [-0.3, -0.25) is 0 Å². The molecule has 0 saturated carbocycles. The summed E-state index contributed by atoms with van der Waals surface area (Å²) in [6, 6.07) is 20.6. The molecule has 0 aliphatic carbocycles. The van der Waals surface area contributed by atoms with Crippen molar-refractivity contribution in [2.24, 2.45) is 12.0 Å². The predicted molar refractivity (Wildman–Crippen MR) is 149 cm³/mol. The third kappa shape index (κ3) is 9.30. The highest BCUT2D eigenvalue weighted by Gasteiger charge is 2.06. The second-order valence-electron chi connectivity index (χ2n) is 7.89. The van der Waals surface area contributed by atoms with Gasteiger partial charge in [-0.25, -0.2) is 4.99 Å². The number of benzene rings is 2. The van der Waals surface area contributed by atoms with E-state index in [4.69, 9.17) is 9.73 Å². The Morgan fingerprint density at radius 2 is 1.68 bits per heavy atom. The molecular weight excluding hydrogens is 541 g/mol. The van der Waals surface area contributed by atoms with Gasteiger partial charge in [-0.2, -0.15) is 0 Å². The van der Waals surface area contributed by atoms with Crippen molar-refractivity contribution in [3.8, 4) is 0 Å². The average Bonchev–Trinajstić information content (AvgIpc) is 3.17. The van der Waals surface area contributed by atoms with Crippen molar-refractivity contribution in [1.82, 2.24) is 25.4 Å². The summed E-state index contributed by atoms with van der Waals surface area (Å²) >= 11 is 0. The van der Waals surface area contributed by atoms with Crippen LogP contribution in [0.15, 0.2) is 65.7 Å². The molecule has 2 N–H and O–H groups in total. The van der Waals surface area contributed by atoms with Crippen molar-refractivity contribution < 1.29 is 4.74 Å². The Labute approximate surface area is 219 Å². The van der Waals surface area contributed by atoms with Crippen molar-refractivity contribution in [1.29, 1.82) is 0 Å². The second kappa shape index (κ2) is 15.3. The van der Waals surface area contributed by atoms with Gasteiger partial charge >= 0.3 is 0 Å². The van der Waals surface area contributed by atoms with E-state index in [2.05, 4.69) is 69.2 Å². The SMILES string of the molecule is Cc1nnc(CN=C(NCCCN(C)c2ccccc2)NCCOCc2ccccc2)n1C.I. The van der Waals surface area contributed by atoms with Crippen LogP contribution in [0.4, 0.5) is 5.69 Å². The largest absolute Gasteiger partial charge is 0.375 e. The number of halogens is 1. The molecule has 9 heteroatoms. The average molecular weight is 578 g/mol. The molecule has 0 spiro atoms. The Bertz CT molecular complexity index is 979. The van der Waals surface area contributed by atoms with Gasteiger partial charge in [0.25, 0.3) is 0 Å². The monoisotopic (exact) mass is 577 g/mol. The third-order valence-electron chi connectivity index (χ3n) is 5.37. The number of hydrogen-bond donors (Lipinski definition) is 2. The highest BCUT2D eigenvalue weighted by Crippen LogP contribution is 2.10. The van der Waals surface area contributed by atoms with Crippen LogP contribution >= 0.6 is 24.0 Å². The molecule has 0 saturated heterocycles. The molecule has 2 aromatic carbocycles. The molecule has 34 heavy (non-hydrogen) atoms. The molecular formula is C25H36IN7O. The first-order valence-corrected chi connectivity index (χ1v) is 11.4. The molecule has 3 aromatic rings. The van der Waals surface area contributed by atoms with Gasteiger partial charge in [0.2, 0.25) is 0 Å². The van der Waals surface area contributed by atoms with E-state index in [0.29, 0.717) is 26.3 Å². The lowest BCUT2D eigenvalue weighted by molar-refractivity contribution is 0.125. The van der Waals surface area contributed by atoms with Crippen LogP contribution in [0.5, 0.6) is 0 Å². The number of aryl methyl sites for hydroxylation is 1. The van der Waals surface area contributed by atoms with Crippen molar-refractivity contribution >= 4 is 35.6 Å². The van der Waals surface area contributed by atoms with Gasteiger partial charge in [0, 0.05) is 39.4 Å². The minimum atomic E-state index is 0. The lowest BCUT2D eigenvalue weighted by Gasteiger charge is -2.19. The lowest BCUT2D eigenvalue weighted by atomic mass is 10.2. The standard InChI is InChI=1S/C25H35N7O.HI/c1-21-29-30-24(32(21)3)19-28-25(27-16-18-33-20-22-11-6-4-7-12-22)26-15-10-17-31(2)23-13-8-5-9-14-23;/h4-9,11-14H,10,15-20H2,1-3H3,(H2,26,27,28);1H. The predicted octanol–water partition coefficient (Wildman–Crippen LogP) is 3.52. The summed E-state index contributed by atoms with van der Waals surface area (Å²) in [5, 5.41) is 15.1. The van der Waals surface area contributed by atoms with Crippen LogP contribution in [-0.2, 0) is 24.9 Å². The van der Waals surface area contributed by atoms with E-state index in [-0.39, 0.29) is 24.0 Å². The molecule has 1 heterocycles. The van der Waals surface area contributed by atoms with Crippen LogP contribution in [0.2, 0.25) is 0 Å². The molecule has 0 atom stereocenters. The van der Waals surface area contributed by atoms with Crippen LogP contribution < -0.4 is 15.5 Å². The highest BCUT2D eigenvalue weighted by atomic mass is 127. The summed E-state index contributed by atoms with van der Waals surface area (Å²) in [7, 11) is 4.07. The number of guanidine groups is 1. The second-order valence-corrected chi connectivity index (χ2v) is 7.89. The first-order valence-electron chi connectivity index (χ1n) is 11.4. The van der Waals surface area contributed by atoms with E-state index in [0.717, 1.165) is 37.1 Å². The number of rotatable bonds is 12. The zero-order valence-corrected chi connectivity index (χ0v) is 22.6. The van der Waals surface area contributed by atoms with Gasteiger partial charge < -0.3 is 24.8 Å². The quantitative estimate of drug-likeness (QED) is 0.149. The van der Waals surface area contributed by atoms with Crippen LogP contribution in [0.25, 0.3) is 0 Å². The zero-order chi connectivity index (χ0) is 23.3. The Balaban J connectivity index is 0.00000408. The van der Waals surface area contributed by atoms with Gasteiger partial charge in [-0.1, -0.05) is 48.5 Å². The number of aromatic nitrogens is 3. The van der Waals surface area contributed by atoms with Gasteiger partial charge in [0.05, 0.1) is 13.2 Å². The fourth-order valence-corrected chi connectivity index (χ4v) is 3.25. The Morgan fingerprint density at radius 3 is 2.35 bits per heavy atom. The third-order valence-corrected chi connectivity index (χ3v) is 5.37. The van der Waals surface area contributed by atoms with Crippen LogP contribution in [-0.4, -0.2) is 54.0 Å². The summed E-state index contributed by atoms with van der Waals surface area (Å²) in [5.41, 5.74) is 2.39. The number of aliphatic imine (C=N–C) groups is 1.